The second kappa shape index (κ2) is 4.43. The normalized spacial score (nSPS) is 9.57. The first-order chi connectivity index (χ1) is 6.60. The molecule has 0 atom stereocenters. The van der Waals surface area contributed by atoms with Gasteiger partial charge in [0.15, 0.2) is 5.92 Å². The Hall–Kier alpha value is -1.07. The van der Waals surface area contributed by atoms with Crippen LogP contribution in [-0.2, 0) is 0 Å². The molecule has 0 bridgehead atoms. The van der Waals surface area contributed by atoms with Gasteiger partial charge in [-0.25, -0.2) is 0 Å². The predicted octanol–water partition coefficient (Wildman–Crippen LogP) is 3.04. The summed E-state index contributed by atoms with van der Waals surface area (Å²) in [6, 6.07) is 7.77. The van der Waals surface area contributed by atoms with E-state index in [9.17, 15) is 0 Å². The number of rotatable bonds is 1. The third-order valence-electron chi connectivity index (χ3n) is 2.05. The minimum Gasteiger partial charge on any atom is -0.196 e. The molecule has 1 aromatic carbocycles. The minimum absolute atomic E-state index is 0.649. The summed E-state index contributed by atoms with van der Waals surface area (Å²) < 4.78 is 1.20. The maximum atomic E-state index is 8.76. The van der Waals surface area contributed by atoms with Crippen molar-refractivity contribution in [1.29, 1.82) is 10.5 Å². The van der Waals surface area contributed by atoms with Crippen molar-refractivity contribution in [2.75, 3.05) is 0 Å². The average molecular weight is 296 g/mol. The molecular weight excluding hydrogens is 287 g/mol. The van der Waals surface area contributed by atoms with E-state index in [1.54, 1.807) is 0 Å². The highest BCUT2D eigenvalue weighted by molar-refractivity contribution is 14.1. The van der Waals surface area contributed by atoms with E-state index in [0.29, 0.717) is 0 Å². The summed E-state index contributed by atoms with van der Waals surface area (Å²) in [5.41, 5.74) is 3.04. The monoisotopic (exact) mass is 296 g/mol. The number of hydrogen-bond acceptors (Lipinski definition) is 2. The Kier molecular flexibility index (Phi) is 3.49. The summed E-state index contributed by atoms with van der Waals surface area (Å²) in [4.78, 5) is 0. The van der Waals surface area contributed by atoms with E-state index in [0.717, 1.165) is 16.7 Å². The molecule has 0 aliphatic heterocycles. The molecular formula is C11H9IN2. The van der Waals surface area contributed by atoms with E-state index in [1.165, 1.54) is 3.57 Å². The lowest BCUT2D eigenvalue weighted by molar-refractivity contribution is 1.08. The molecule has 0 unspecified atom stereocenters. The van der Waals surface area contributed by atoms with Gasteiger partial charge in [0.05, 0.1) is 12.1 Å². The van der Waals surface area contributed by atoms with Gasteiger partial charge in [-0.3, -0.25) is 0 Å². The van der Waals surface area contributed by atoms with Crippen molar-refractivity contribution in [1.82, 2.24) is 0 Å². The van der Waals surface area contributed by atoms with Crippen LogP contribution in [-0.4, -0.2) is 0 Å². The van der Waals surface area contributed by atoms with Gasteiger partial charge in [-0.1, -0.05) is 12.1 Å². The zero-order chi connectivity index (χ0) is 10.7. The van der Waals surface area contributed by atoms with Crippen molar-refractivity contribution < 1.29 is 0 Å². The van der Waals surface area contributed by atoms with Crippen molar-refractivity contribution >= 4 is 22.6 Å². The molecule has 0 aromatic heterocycles. The molecule has 1 rings (SSSR count). The molecule has 0 fully saturated rings. The van der Waals surface area contributed by atoms with Gasteiger partial charge in [0.2, 0.25) is 0 Å². The summed E-state index contributed by atoms with van der Waals surface area (Å²) in [7, 11) is 0. The Morgan fingerprint density at radius 2 is 1.57 bits per heavy atom. The molecule has 1 aromatic rings. The number of aryl methyl sites for hydroxylation is 2. The van der Waals surface area contributed by atoms with Crippen LogP contribution in [0.4, 0.5) is 0 Å². The van der Waals surface area contributed by atoms with Crippen LogP contribution >= 0.6 is 22.6 Å². The molecule has 0 aliphatic carbocycles. The van der Waals surface area contributed by atoms with Gasteiger partial charge >= 0.3 is 0 Å². The van der Waals surface area contributed by atoms with E-state index in [2.05, 4.69) is 22.6 Å². The van der Waals surface area contributed by atoms with E-state index < -0.39 is 5.92 Å². The van der Waals surface area contributed by atoms with Crippen molar-refractivity contribution in [2.24, 2.45) is 0 Å². The largest absolute Gasteiger partial charge is 0.196 e. The summed E-state index contributed by atoms with van der Waals surface area (Å²) in [6.07, 6.45) is 0. The highest BCUT2D eigenvalue weighted by Gasteiger charge is 2.11. The lowest BCUT2D eigenvalue weighted by Crippen LogP contribution is -1.96. The quantitative estimate of drug-likeness (QED) is 0.748. The molecule has 0 heterocycles. The summed E-state index contributed by atoms with van der Waals surface area (Å²) >= 11 is 2.27. The molecule has 14 heavy (non-hydrogen) atoms. The smallest absolute Gasteiger partial charge is 0.158 e. The Morgan fingerprint density at radius 3 is 1.93 bits per heavy atom. The number of nitriles is 2. The second-order valence-corrected chi connectivity index (χ2v) is 4.24. The molecule has 0 spiro atoms. The van der Waals surface area contributed by atoms with Crippen LogP contribution in [0.25, 0.3) is 0 Å². The van der Waals surface area contributed by atoms with E-state index in [4.69, 9.17) is 10.5 Å². The van der Waals surface area contributed by atoms with Crippen LogP contribution < -0.4 is 0 Å². The highest BCUT2D eigenvalue weighted by Crippen LogP contribution is 2.23. The fourth-order valence-corrected chi connectivity index (χ4v) is 1.64. The summed E-state index contributed by atoms with van der Waals surface area (Å²) in [5.74, 6) is -0.649. The third kappa shape index (κ3) is 2.05. The van der Waals surface area contributed by atoms with Crippen LogP contribution in [0.3, 0.4) is 0 Å². The summed E-state index contributed by atoms with van der Waals surface area (Å²) in [5, 5.41) is 17.5. The van der Waals surface area contributed by atoms with Gasteiger partial charge in [-0.2, -0.15) is 10.5 Å². The first-order valence-electron chi connectivity index (χ1n) is 4.16. The topological polar surface area (TPSA) is 47.6 Å². The van der Waals surface area contributed by atoms with Crippen LogP contribution in [0.1, 0.15) is 22.6 Å². The van der Waals surface area contributed by atoms with Crippen LogP contribution in [0.15, 0.2) is 12.1 Å². The van der Waals surface area contributed by atoms with Gasteiger partial charge in [-0.15, -0.1) is 0 Å². The number of hydrogen-bond donors (Lipinski definition) is 0. The Bertz CT molecular complexity index is 401. The molecule has 0 aliphatic rings. The molecule has 0 amide bonds. The third-order valence-corrected chi connectivity index (χ3v) is 3.75. The lowest BCUT2D eigenvalue weighted by Gasteiger charge is -2.07. The van der Waals surface area contributed by atoms with Gasteiger partial charge in [0.25, 0.3) is 0 Å². The van der Waals surface area contributed by atoms with Gasteiger partial charge < -0.3 is 0 Å². The Morgan fingerprint density at radius 1 is 1.14 bits per heavy atom. The van der Waals surface area contributed by atoms with E-state index in [-0.39, 0.29) is 0 Å². The number of nitrogens with zero attached hydrogens (tertiary/aromatic N) is 2. The van der Waals surface area contributed by atoms with Gasteiger partial charge in [0, 0.05) is 3.57 Å². The summed E-state index contributed by atoms with van der Waals surface area (Å²) in [6.45, 7) is 3.98. The van der Waals surface area contributed by atoms with Gasteiger partial charge in [0.1, 0.15) is 0 Å². The molecule has 0 radical (unpaired) electrons. The average Bonchev–Trinajstić information content (AvgIpc) is 2.16. The maximum Gasteiger partial charge on any atom is 0.158 e. The van der Waals surface area contributed by atoms with Crippen LogP contribution in [0, 0.1) is 40.1 Å². The highest BCUT2D eigenvalue weighted by atomic mass is 127. The lowest BCUT2D eigenvalue weighted by atomic mass is 9.98. The van der Waals surface area contributed by atoms with Crippen molar-refractivity contribution in [3.63, 3.8) is 0 Å². The zero-order valence-electron chi connectivity index (χ0n) is 8.00. The van der Waals surface area contributed by atoms with Crippen molar-refractivity contribution in [3.05, 3.63) is 32.4 Å². The molecule has 0 saturated heterocycles. The Labute approximate surface area is 97.3 Å². The van der Waals surface area contributed by atoms with E-state index in [1.807, 2.05) is 38.1 Å². The fourth-order valence-electron chi connectivity index (χ4n) is 1.32. The molecule has 0 N–H and O–H groups in total. The van der Waals surface area contributed by atoms with Crippen molar-refractivity contribution in [3.8, 4) is 12.1 Å². The predicted molar refractivity (Wildman–Crippen MR) is 62.6 cm³/mol. The van der Waals surface area contributed by atoms with Crippen LogP contribution in [0.5, 0.6) is 0 Å². The van der Waals surface area contributed by atoms with Crippen molar-refractivity contribution in [2.45, 2.75) is 19.8 Å². The SMILES string of the molecule is Cc1cc(C(C#N)C#N)cc(C)c1I. The molecule has 70 valence electrons. The fraction of sp³-hybridized carbons (Fsp3) is 0.273. The number of halogens is 1. The molecule has 0 saturated carbocycles. The molecule has 3 heteroatoms. The standard InChI is InChI=1S/C11H9IN2/c1-7-3-9(10(5-13)6-14)4-8(2)11(7)12/h3-4,10H,1-2H3. The number of benzene rings is 1. The first kappa shape index (κ1) is 11.0. The first-order valence-corrected chi connectivity index (χ1v) is 5.24. The second-order valence-electron chi connectivity index (χ2n) is 3.16. The van der Waals surface area contributed by atoms with Crippen LogP contribution in [0.2, 0.25) is 0 Å². The maximum absolute atomic E-state index is 8.76. The Balaban J connectivity index is 3.28. The van der Waals surface area contributed by atoms with E-state index >= 15 is 0 Å². The molecule has 2 nitrogen and oxygen atoms in total. The zero-order valence-corrected chi connectivity index (χ0v) is 10.2. The van der Waals surface area contributed by atoms with Gasteiger partial charge in [-0.05, 0) is 53.1 Å². The minimum atomic E-state index is -0.649.